The minimum absolute atomic E-state index is 0.0965. The molecular weight excluding hydrogens is 500 g/mol. The lowest BCUT2D eigenvalue weighted by Crippen LogP contribution is -2.36. The molecule has 0 spiro atoms. The number of rotatable bonds is 7. The zero-order chi connectivity index (χ0) is 27.7. The van der Waals surface area contributed by atoms with Gasteiger partial charge in [0.2, 0.25) is 0 Å². The Balaban J connectivity index is 1.55. The molecule has 2 aliphatic carbocycles. The molecule has 0 aromatic heterocycles. The first-order valence-electron chi connectivity index (χ1n) is 13.2. The maximum Gasteiger partial charge on any atom is 0.337 e. The number of hydrogen-bond acceptors (Lipinski definition) is 8. The number of carbonyl (C=O) groups excluding carboxylic acids is 2. The second-order valence-corrected chi connectivity index (χ2v) is 10.3. The van der Waals surface area contributed by atoms with E-state index in [0.717, 1.165) is 36.9 Å². The van der Waals surface area contributed by atoms with E-state index in [4.69, 9.17) is 14.2 Å². The Kier molecular flexibility index (Phi) is 7.41. The summed E-state index contributed by atoms with van der Waals surface area (Å²) < 4.78 is 16.7. The maximum absolute atomic E-state index is 13.8. The molecule has 3 aliphatic rings. The Labute approximate surface area is 227 Å². The molecule has 39 heavy (non-hydrogen) atoms. The van der Waals surface area contributed by atoms with Crippen molar-refractivity contribution in [1.29, 1.82) is 0 Å². The third-order valence-corrected chi connectivity index (χ3v) is 7.92. The van der Waals surface area contributed by atoms with Crippen LogP contribution < -0.4 is 14.8 Å². The number of allylic oxidation sites excluding steroid dienone is 3. The molecule has 1 N–H and O–H groups in total. The minimum Gasteiger partial charge on any atom is -0.493 e. The summed E-state index contributed by atoms with van der Waals surface area (Å²) in [5, 5.41) is 14.9. The van der Waals surface area contributed by atoms with E-state index in [1.54, 1.807) is 33.3 Å². The van der Waals surface area contributed by atoms with Crippen molar-refractivity contribution in [2.45, 2.75) is 63.4 Å². The van der Waals surface area contributed by atoms with Gasteiger partial charge in [-0.1, -0.05) is 18.2 Å². The topological polar surface area (TPSA) is 117 Å². The van der Waals surface area contributed by atoms with Gasteiger partial charge in [-0.25, -0.2) is 4.79 Å². The molecule has 0 radical (unpaired) electrons. The van der Waals surface area contributed by atoms with E-state index >= 15 is 0 Å². The molecule has 0 bridgehead atoms. The van der Waals surface area contributed by atoms with Crippen LogP contribution in [-0.2, 0) is 14.3 Å². The summed E-state index contributed by atoms with van der Waals surface area (Å²) in [6, 6.07) is 11.8. The lowest BCUT2D eigenvalue weighted by Gasteiger charge is -2.37. The van der Waals surface area contributed by atoms with Crippen LogP contribution in [0.5, 0.6) is 11.5 Å². The van der Waals surface area contributed by atoms with Crippen LogP contribution in [0.1, 0.15) is 68.4 Å². The molecule has 2 aromatic carbocycles. The molecule has 204 valence electrons. The molecular formula is C30H32N2O7. The van der Waals surface area contributed by atoms with Gasteiger partial charge >= 0.3 is 5.97 Å². The predicted octanol–water partition coefficient (Wildman–Crippen LogP) is 5.46. The lowest BCUT2D eigenvalue weighted by atomic mass is 9.71. The van der Waals surface area contributed by atoms with Crippen molar-refractivity contribution in [1.82, 2.24) is 5.32 Å². The van der Waals surface area contributed by atoms with Gasteiger partial charge in [-0.2, -0.15) is 0 Å². The van der Waals surface area contributed by atoms with Gasteiger partial charge in [0.1, 0.15) is 6.10 Å². The van der Waals surface area contributed by atoms with Crippen LogP contribution in [0.3, 0.4) is 0 Å². The van der Waals surface area contributed by atoms with Crippen molar-refractivity contribution in [3.8, 4) is 11.5 Å². The number of nitrogens with zero attached hydrogens (tertiary/aromatic N) is 1. The van der Waals surface area contributed by atoms with Crippen LogP contribution in [0.15, 0.2) is 65.0 Å². The van der Waals surface area contributed by atoms with Gasteiger partial charge in [0.05, 0.1) is 24.7 Å². The first-order valence-corrected chi connectivity index (χ1v) is 13.2. The minimum atomic E-state index is -0.756. The zero-order valence-corrected chi connectivity index (χ0v) is 22.3. The summed E-state index contributed by atoms with van der Waals surface area (Å²) in [5.41, 5.74) is 3.48. The second kappa shape index (κ2) is 10.9. The van der Waals surface area contributed by atoms with E-state index < -0.39 is 16.8 Å². The molecule has 0 saturated heterocycles. The van der Waals surface area contributed by atoms with Crippen LogP contribution in [0.2, 0.25) is 0 Å². The van der Waals surface area contributed by atoms with Crippen molar-refractivity contribution in [3.63, 3.8) is 0 Å². The Morgan fingerprint density at radius 3 is 2.44 bits per heavy atom. The summed E-state index contributed by atoms with van der Waals surface area (Å²) in [5.74, 6) is -0.276. The van der Waals surface area contributed by atoms with E-state index in [-0.39, 0.29) is 29.9 Å². The maximum atomic E-state index is 13.8. The van der Waals surface area contributed by atoms with E-state index in [1.807, 2.05) is 18.2 Å². The number of dihydropyridines is 1. The van der Waals surface area contributed by atoms with Gasteiger partial charge in [0.25, 0.3) is 5.69 Å². The molecule has 0 amide bonds. The number of nitro benzene ring substituents is 1. The fourth-order valence-corrected chi connectivity index (χ4v) is 6.02. The fraction of sp³-hybridized carbons (Fsp3) is 0.400. The van der Waals surface area contributed by atoms with Crippen molar-refractivity contribution >= 4 is 17.4 Å². The smallest absolute Gasteiger partial charge is 0.337 e. The molecule has 1 aliphatic heterocycles. The summed E-state index contributed by atoms with van der Waals surface area (Å²) >= 11 is 0. The third kappa shape index (κ3) is 5.13. The first-order chi connectivity index (χ1) is 18.8. The molecule has 5 rings (SSSR count). The lowest BCUT2D eigenvalue weighted by molar-refractivity contribution is -0.384. The van der Waals surface area contributed by atoms with Gasteiger partial charge in [-0.3, -0.25) is 14.9 Å². The van der Waals surface area contributed by atoms with E-state index in [9.17, 15) is 19.7 Å². The molecule has 2 aromatic rings. The van der Waals surface area contributed by atoms with Crippen LogP contribution in [0, 0.1) is 10.1 Å². The summed E-state index contributed by atoms with van der Waals surface area (Å²) in [4.78, 5) is 38.5. The number of benzene rings is 2. The third-order valence-electron chi connectivity index (χ3n) is 7.92. The quantitative estimate of drug-likeness (QED) is 0.284. The fourth-order valence-electron chi connectivity index (χ4n) is 6.02. The summed E-state index contributed by atoms with van der Waals surface area (Å²) in [6.45, 7) is 1.80. The van der Waals surface area contributed by atoms with Gasteiger partial charge < -0.3 is 19.5 Å². The van der Waals surface area contributed by atoms with E-state index in [2.05, 4.69) is 5.32 Å². The number of hydrogen-bond donors (Lipinski definition) is 1. The largest absolute Gasteiger partial charge is 0.493 e. The van der Waals surface area contributed by atoms with Crippen molar-refractivity contribution in [2.75, 3.05) is 14.2 Å². The molecule has 9 nitrogen and oxygen atoms in total. The number of Topliss-reactive ketones (excluding diaryl/α,β-unsaturated/α-hetero) is 1. The number of nitrogens with one attached hydrogen (secondary N) is 1. The normalized spacial score (nSPS) is 21.4. The summed E-state index contributed by atoms with van der Waals surface area (Å²) in [6.07, 6.45) is 4.24. The van der Waals surface area contributed by atoms with Crippen molar-refractivity contribution < 1.29 is 28.7 Å². The molecule has 2 atom stereocenters. The monoisotopic (exact) mass is 532 g/mol. The first kappa shape index (κ1) is 26.5. The Bertz CT molecular complexity index is 1390. The number of carbonyl (C=O) groups is 2. The molecule has 1 fully saturated rings. The highest BCUT2D eigenvalue weighted by atomic mass is 16.6. The van der Waals surface area contributed by atoms with Crippen LogP contribution >= 0.6 is 0 Å². The average molecular weight is 533 g/mol. The molecule has 9 heteroatoms. The second-order valence-electron chi connectivity index (χ2n) is 10.3. The SMILES string of the molecule is COc1ccc([C@H]2CC(=O)C3=C(C2)NC(C)=C(C(=O)OC2CCCC2)[C@H]3c2cccc([N+](=O)[O-])c2)cc1OC. The standard InChI is InChI=1S/C30H32N2O7/c1-17-27(30(34)39-22-9-4-5-10-22)28(19-7-6-8-21(13-19)32(35)36)29-23(31-17)14-20(15-24(29)33)18-11-12-25(37-2)26(16-18)38-3/h6-8,11-13,16,20,22,28,31H,4-5,9-10,14-15H2,1-3H3/t20-,28-/m1/s1. The number of ketones is 1. The van der Waals surface area contributed by atoms with Gasteiger partial charge in [0.15, 0.2) is 17.3 Å². The highest BCUT2D eigenvalue weighted by Crippen LogP contribution is 2.47. The van der Waals surface area contributed by atoms with E-state index in [1.165, 1.54) is 12.1 Å². The molecule has 1 saturated carbocycles. The average Bonchev–Trinajstić information content (AvgIpc) is 3.44. The van der Waals surface area contributed by atoms with Crippen LogP contribution in [-0.4, -0.2) is 37.0 Å². The van der Waals surface area contributed by atoms with Crippen molar-refractivity contribution in [3.05, 3.63) is 86.2 Å². The predicted molar refractivity (Wildman–Crippen MR) is 144 cm³/mol. The Morgan fingerprint density at radius 1 is 1.00 bits per heavy atom. The molecule has 0 unspecified atom stereocenters. The Morgan fingerprint density at radius 2 is 1.74 bits per heavy atom. The van der Waals surface area contributed by atoms with Gasteiger partial charge in [-0.05, 0) is 68.2 Å². The number of ether oxygens (including phenoxy) is 3. The van der Waals surface area contributed by atoms with Gasteiger partial charge in [0, 0.05) is 41.4 Å². The van der Waals surface area contributed by atoms with Crippen LogP contribution in [0.25, 0.3) is 0 Å². The zero-order valence-electron chi connectivity index (χ0n) is 22.3. The Hall–Kier alpha value is -4.14. The highest BCUT2D eigenvalue weighted by Gasteiger charge is 2.42. The highest BCUT2D eigenvalue weighted by molar-refractivity contribution is 6.04. The number of esters is 1. The van der Waals surface area contributed by atoms with E-state index in [0.29, 0.717) is 40.3 Å². The number of nitro groups is 1. The molecule has 1 heterocycles. The number of non-ortho nitro benzene ring substituents is 1. The van der Waals surface area contributed by atoms with Crippen molar-refractivity contribution in [2.24, 2.45) is 0 Å². The summed E-state index contributed by atoms with van der Waals surface area (Å²) in [7, 11) is 3.14. The van der Waals surface area contributed by atoms with Gasteiger partial charge in [-0.15, -0.1) is 0 Å². The van der Waals surface area contributed by atoms with Crippen LogP contribution in [0.4, 0.5) is 5.69 Å². The number of methoxy groups -OCH3 is 2.